The Balaban J connectivity index is 2.08. The minimum atomic E-state index is -0.345. The highest BCUT2D eigenvalue weighted by Gasteiger charge is 2.14. The molecule has 1 atom stereocenters. The molecule has 0 saturated carbocycles. The summed E-state index contributed by atoms with van der Waals surface area (Å²) in [6.45, 7) is 2.16. The molecule has 0 fully saturated rings. The molecule has 0 saturated heterocycles. The van der Waals surface area contributed by atoms with Crippen molar-refractivity contribution in [1.29, 1.82) is 0 Å². The lowest BCUT2D eigenvalue weighted by Crippen LogP contribution is -2.32. The summed E-state index contributed by atoms with van der Waals surface area (Å²) in [6, 6.07) is 0. The molecule has 19 heavy (non-hydrogen) atoms. The van der Waals surface area contributed by atoms with E-state index in [2.05, 4.69) is 11.5 Å². The van der Waals surface area contributed by atoms with Crippen molar-refractivity contribution in [2.45, 2.75) is 37.9 Å². The SMILES string of the molecule is CCOC(=O)CN(C)C(=O)CCCCC1C=CSS1. The van der Waals surface area contributed by atoms with Crippen LogP contribution in [-0.2, 0) is 14.3 Å². The summed E-state index contributed by atoms with van der Waals surface area (Å²) >= 11 is 0. The Morgan fingerprint density at radius 3 is 2.79 bits per heavy atom. The Labute approximate surface area is 122 Å². The van der Waals surface area contributed by atoms with E-state index in [9.17, 15) is 9.59 Å². The quantitative estimate of drug-likeness (QED) is 0.392. The number of rotatable bonds is 8. The Hall–Kier alpha value is -0.620. The smallest absolute Gasteiger partial charge is 0.325 e. The number of carbonyl (C=O) groups is 2. The van der Waals surface area contributed by atoms with Gasteiger partial charge < -0.3 is 9.64 Å². The molecule has 0 aromatic rings. The van der Waals surface area contributed by atoms with Gasteiger partial charge in [-0.05, 0) is 25.2 Å². The summed E-state index contributed by atoms with van der Waals surface area (Å²) in [5, 5.41) is 2.71. The third-order valence-corrected chi connectivity index (χ3v) is 5.18. The molecular weight excluding hydrogens is 282 g/mol. The van der Waals surface area contributed by atoms with Gasteiger partial charge in [-0.25, -0.2) is 0 Å². The van der Waals surface area contributed by atoms with Gasteiger partial charge in [0.25, 0.3) is 0 Å². The summed E-state index contributed by atoms with van der Waals surface area (Å²) in [5.41, 5.74) is 0. The van der Waals surface area contributed by atoms with Crippen LogP contribution in [0.2, 0.25) is 0 Å². The first-order chi connectivity index (χ1) is 9.13. The summed E-state index contributed by atoms with van der Waals surface area (Å²) in [4.78, 5) is 24.4. The predicted molar refractivity (Wildman–Crippen MR) is 80.8 cm³/mol. The second-order valence-electron chi connectivity index (χ2n) is 4.36. The van der Waals surface area contributed by atoms with E-state index in [-0.39, 0.29) is 18.4 Å². The zero-order chi connectivity index (χ0) is 14.1. The lowest BCUT2D eigenvalue weighted by Gasteiger charge is -2.16. The average molecular weight is 303 g/mol. The molecule has 1 amide bonds. The van der Waals surface area contributed by atoms with Crippen molar-refractivity contribution in [2.75, 3.05) is 20.2 Å². The minimum absolute atomic E-state index is 0.0112. The molecule has 0 N–H and O–H groups in total. The van der Waals surface area contributed by atoms with Crippen LogP contribution in [0.5, 0.6) is 0 Å². The summed E-state index contributed by atoms with van der Waals surface area (Å²) in [7, 11) is 5.29. The predicted octanol–water partition coefficient (Wildman–Crippen LogP) is 2.85. The molecule has 0 aromatic heterocycles. The van der Waals surface area contributed by atoms with Crippen molar-refractivity contribution in [1.82, 2.24) is 4.90 Å². The van der Waals surface area contributed by atoms with Crippen LogP contribution in [0.4, 0.5) is 0 Å². The van der Waals surface area contributed by atoms with E-state index in [4.69, 9.17) is 4.74 Å². The standard InChI is InChI=1S/C13H21NO3S2/c1-3-17-13(16)10-14(2)12(15)7-5-4-6-11-8-9-18-19-11/h8-9,11H,3-7,10H2,1-2H3. The Bertz CT molecular complexity index is 334. The van der Waals surface area contributed by atoms with Crippen molar-refractivity contribution in [3.8, 4) is 0 Å². The molecule has 0 aliphatic carbocycles. The van der Waals surface area contributed by atoms with Gasteiger partial charge in [0.05, 0.1) is 6.61 Å². The van der Waals surface area contributed by atoms with Gasteiger partial charge in [0.2, 0.25) is 5.91 Å². The van der Waals surface area contributed by atoms with Crippen molar-refractivity contribution >= 4 is 33.5 Å². The van der Waals surface area contributed by atoms with Gasteiger partial charge >= 0.3 is 5.97 Å². The summed E-state index contributed by atoms with van der Waals surface area (Å²) < 4.78 is 4.81. The second-order valence-corrected chi connectivity index (χ2v) is 6.78. The first kappa shape index (κ1) is 16.4. The lowest BCUT2D eigenvalue weighted by atomic mass is 10.1. The van der Waals surface area contributed by atoms with E-state index in [1.165, 1.54) is 4.90 Å². The van der Waals surface area contributed by atoms with Gasteiger partial charge in [-0.2, -0.15) is 0 Å². The van der Waals surface area contributed by atoms with E-state index in [0.717, 1.165) is 19.3 Å². The topological polar surface area (TPSA) is 46.6 Å². The Morgan fingerprint density at radius 1 is 1.37 bits per heavy atom. The Morgan fingerprint density at radius 2 is 2.16 bits per heavy atom. The number of amides is 1. The van der Waals surface area contributed by atoms with Gasteiger partial charge in [0, 0.05) is 18.7 Å². The monoisotopic (exact) mass is 303 g/mol. The molecule has 4 nitrogen and oxygen atoms in total. The van der Waals surface area contributed by atoms with Crippen LogP contribution in [0.25, 0.3) is 0 Å². The average Bonchev–Trinajstić information content (AvgIpc) is 2.87. The van der Waals surface area contributed by atoms with Crippen molar-refractivity contribution < 1.29 is 14.3 Å². The largest absolute Gasteiger partial charge is 0.465 e. The first-order valence-electron chi connectivity index (χ1n) is 6.52. The number of hydrogen-bond acceptors (Lipinski definition) is 5. The van der Waals surface area contributed by atoms with Gasteiger partial charge in [-0.1, -0.05) is 34.1 Å². The Kier molecular flexibility index (Phi) is 8.05. The molecule has 1 aliphatic heterocycles. The molecule has 0 radical (unpaired) electrons. The number of ether oxygens (including phenoxy) is 1. The molecule has 6 heteroatoms. The van der Waals surface area contributed by atoms with Gasteiger partial charge in [-0.15, -0.1) is 0 Å². The number of unbranched alkanes of at least 4 members (excludes halogenated alkanes) is 1. The van der Waals surface area contributed by atoms with Gasteiger partial charge in [0.1, 0.15) is 6.54 Å². The maximum absolute atomic E-state index is 11.8. The summed E-state index contributed by atoms with van der Waals surface area (Å²) in [6.07, 6.45) is 5.75. The second kappa shape index (κ2) is 9.31. The number of nitrogens with zero attached hydrogens (tertiary/aromatic N) is 1. The molecular formula is C13H21NO3S2. The zero-order valence-corrected chi connectivity index (χ0v) is 13.1. The van der Waals surface area contributed by atoms with E-state index in [0.29, 0.717) is 18.3 Å². The van der Waals surface area contributed by atoms with E-state index < -0.39 is 0 Å². The number of likely N-dealkylation sites (N-methyl/N-ethyl adjacent to an activating group) is 1. The van der Waals surface area contributed by atoms with Crippen LogP contribution < -0.4 is 0 Å². The summed E-state index contributed by atoms with van der Waals surface area (Å²) in [5.74, 6) is -0.333. The van der Waals surface area contributed by atoms with Gasteiger partial charge in [0.15, 0.2) is 0 Å². The highest BCUT2D eigenvalue weighted by Crippen LogP contribution is 2.37. The van der Waals surface area contributed by atoms with Crippen LogP contribution in [0, 0.1) is 0 Å². The fraction of sp³-hybridized carbons (Fsp3) is 0.692. The van der Waals surface area contributed by atoms with E-state index in [1.807, 2.05) is 10.8 Å². The number of carbonyl (C=O) groups excluding carboxylic acids is 2. The van der Waals surface area contributed by atoms with Crippen LogP contribution in [-0.4, -0.2) is 42.2 Å². The number of hydrogen-bond donors (Lipinski definition) is 0. The maximum Gasteiger partial charge on any atom is 0.325 e. The van der Waals surface area contributed by atoms with Crippen LogP contribution in [0.3, 0.4) is 0 Å². The highest BCUT2D eigenvalue weighted by atomic mass is 33.1. The third kappa shape index (κ3) is 6.92. The molecule has 0 aromatic carbocycles. The van der Waals surface area contributed by atoms with E-state index in [1.54, 1.807) is 24.8 Å². The van der Waals surface area contributed by atoms with Crippen LogP contribution in [0.1, 0.15) is 32.6 Å². The van der Waals surface area contributed by atoms with Gasteiger partial charge in [-0.3, -0.25) is 9.59 Å². The van der Waals surface area contributed by atoms with Crippen molar-refractivity contribution in [3.05, 3.63) is 11.5 Å². The molecule has 108 valence electrons. The molecule has 0 spiro atoms. The minimum Gasteiger partial charge on any atom is -0.465 e. The van der Waals surface area contributed by atoms with E-state index >= 15 is 0 Å². The molecule has 1 unspecified atom stereocenters. The third-order valence-electron chi connectivity index (χ3n) is 2.75. The fourth-order valence-electron chi connectivity index (χ4n) is 1.70. The van der Waals surface area contributed by atoms with Crippen LogP contribution >= 0.6 is 21.6 Å². The molecule has 1 aliphatic rings. The fourth-order valence-corrected chi connectivity index (χ4v) is 3.96. The first-order valence-corrected chi connectivity index (χ1v) is 8.79. The van der Waals surface area contributed by atoms with Crippen LogP contribution in [0.15, 0.2) is 11.5 Å². The lowest BCUT2D eigenvalue weighted by molar-refractivity contribution is -0.148. The van der Waals surface area contributed by atoms with Crippen molar-refractivity contribution in [2.24, 2.45) is 0 Å². The molecule has 0 bridgehead atoms. The number of esters is 1. The normalized spacial score (nSPS) is 17.5. The molecule has 1 rings (SSSR count). The maximum atomic E-state index is 11.8. The zero-order valence-electron chi connectivity index (χ0n) is 11.5. The highest BCUT2D eigenvalue weighted by molar-refractivity contribution is 8.78. The molecule has 1 heterocycles. The van der Waals surface area contributed by atoms with Crippen molar-refractivity contribution in [3.63, 3.8) is 0 Å².